The molecule has 1 aromatic rings. The molecule has 67 valence electrons. The smallest absolute Gasteiger partial charge is 0.202 e. The van der Waals surface area contributed by atoms with E-state index >= 15 is 0 Å². The first kappa shape index (κ1) is 9.58. The molecule has 0 aliphatic carbocycles. The van der Waals surface area contributed by atoms with Crippen LogP contribution in [0.1, 0.15) is 12.0 Å². The predicted molar refractivity (Wildman–Crippen MR) is 45.7 cm³/mol. The summed E-state index contributed by atoms with van der Waals surface area (Å²) in [5, 5.41) is 0. The molecular weight excluding hydrogens is 174 g/mol. The lowest BCUT2D eigenvalue weighted by molar-refractivity contribution is 0.556. The monoisotopic (exact) mass is 181 g/mol. The summed E-state index contributed by atoms with van der Waals surface area (Å²) in [6.07, 6.45) is 4.62. The Bertz CT molecular complexity index is 332. The first-order chi connectivity index (χ1) is 6.24. The molecule has 1 aromatic carbocycles. The molecule has 0 saturated heterocycles. The molecule has 0 heterocycles. The van der Waals surface area contributed by atoms with Gasteiger partial charge in [-0.05, 0) is 12.1 Å². The van der Waals surface area contributed by atoms with Crippen molar-refractivity contribution in [2.75, 3.05) is 0 Å². The van der Waals surface area contributed by atoms with Crippen LogP contribution in [0, 0.1) is 11.6 Å². The fourth-order valence-electron chi connectivity index (χ4n) is 0.871. The maximum atomic E-state index is 12.9. The quantitative estimate of drug-likeness (QED) is 0.700. The van der Waals surface area contributed by atoms with Crippen LogP contribution < -0.4 is 0 Å². The Hall–Kier alpha value is -1.51. The summed E-state index contributed by atoms with van der Waals surface area (Å²) in [7, 11) is 0. The highest BCUT2D eigenvalue weighted by Gasteiger charge is 1.98. The zero-order valence-electron chi connectivity index (χ0n) is 6.76. The molecule has 0 fully saturated rings. The number of hydrogen-bond donors (Lipinski definition) is 0. The van der Waals surface area contributed by atoms with E-state index in [0.717, 1.165) is 12.1 Å². The molecule has 0 amide bonds. The van der Waals surface area contributed by atoms with Gasteiger partial charge in [0, 0.05) is 18.1 Å². The summed E-state index contributed by atoms with van der Waals surface area (Å²) in [6, 6.07) is 3.27. The first-order valence-corrected chi connectivity index (χ1v) is 3.70. The lowest BCUT2D eigenvalue weighted by Crippen LogP contribution is -1.83. The molecule has 0 N–H and O–H groups in total. The minimum Gasteiger partial charge on any atom is -0.291 e. The molecule has 0 unspecified atom stereocenters. The minimum atomic E-state index is -0.637. The van der Waals surface area contributed by atoms with Gasteiger partial charge in [0.15, 0.2) is 0 Å². The van der Waals surface area contributed by atoms with Gasteiger partial charge < -0.3 is 0 Å². The lowest BCUT2D eigenvalue weighted by Gasteiger charge is -1.95. The summed E-state index contributed by atoms with van der Waals surface area (Å²) in [5.41, 5.74) is 0.261. The van der Waals surface area contributed by atoms with Gasteiger partial charge in [0.2, 0.25) is 6.29 Å². The summed E-state index contributed by atoms with van der Waals surface area (Å²) in [4.78, 5) is 9.80. The van der Waals surface area contributed by atoms with Gasteiger partial charge in [-0.2, -0.15) is 0 Å². The molecular formula is C10H7F2O. The van der Waals surface area contributed by atoms with Crippen LogP contribution in [-0.2, 0) is 4.79 Å². The van der Waals surface area contributed by atoms with Gasteiger partial charge >= 0.3 is 0 Å². The van der Waals surface area contributed by atoms with Crippen molar-refractivity contribution in [2.45, 2.75) is 6.42 Å². The summed E-state index contributed by atoms with van der Waals surface area (Å²) >= 11 is 0. The molecule has 1 nitrogen and oxygen atoms in total. The normalized spacial score (nSPS) is 10.6. The molecule has 0 aliphatic rings. The first-order valence-electron chi connectivity index (χ1n) is 3.70. The Labute approximate surface area is 74.7 Å². The van der Waals surface area contributed by atoms with Crippen molar-refractivity contribution >= 4 is 12.4 Å². The van der Waals surface area contributed by atoms with E-state index in [0.29, 0.717) is 0 Å². The largest absolute Gasteiger partial charge is 0.291 e. The third kappa shape index (κ3) is 2.78. The number of benzene rings is 1. The van der Waals surface area contributed by atoms with Gasteiger partial charge in [-0.25, -0.2) is 8.78 Å². The van der Waals surface area contributed by atoms with Crippen molar-refractivity contribution in [3.05, 3.63) is 41.5 Å². The van der Waals surface area contributed by atoms with Gasteiger partial charge in [0.1, 0.15) is 11.6 Å². The van der Waals surface area contributed by atoms with Crippen LogP contribution in [0.5, 0.6) is 0 Å². The van der Waals surface area contributed by atoms with Crippen LogP contribution in [-0.4, -0.2) is 6.29 Å². The summed E-state index contributed by atoms with van der Waals surface area (Å²) < 4.78 is 25.3. The molecule has 1 rings (SSSR count). The Kier molecular flexibility index (Phi) is 3.31. The van der Waals surface area contributed by atoms with Crippen molar-refractivity contribution in [1.29, 1.82) is 0 Å². The standard InChI is InChI=1S/C10H7F2O/c11-9-5-4-8(10(12)7-9)3-1-2-6-13/h1,3-5,7H,2H2. The topological polar surface area (TPSA) is 17.1 Å². The van der Waals surface area contributed by atoms with E-state index in [1.807, 2.05) is 0 Å². The highest BCUT2D eigenvalue weighted by Crippen LogP contribution is 2.10. The van der Waals surface area contributed by atoms with Crippen LogP contribution in [0.15, 0.2) is 24.3 Å². The number of hydrogen-bond acceptors (Lipinski definition) is 1. The minimum absolute atomic E-state index is 0.108. The average molecular weight is 181 g/mol. The van der Waals surface area contributed by atoms with Gasteiger partial charge in [-0.1, -0.05) is 12.2 Å². The molecule has 1 radical (unpaired) electrons. The predicted octanol–water partition coefficient (Wildman–Crippen LogP) is 2.48. The summed E-state index contributed by atoms with van der Waals surface area (Å²) in [5.74, 6) is -1.25. The van der Waals surface area contributed by atoms with Crippen LogP contribution in [0.25, 0.3) is 6.08 Å². The second-order valence-electron chi connectivity index (χ2n) is 2.42. The van der Waals surface area contributed by atoms with Crippen LogP contribution in [0.4, 0.5) is 8.78 Å². The van der Waals surface area contributed by atoms with Crippen molar-refractivity contribution in [2.24, 2.45) is 0 Å². The van der Waals surface area contributed by atoms with Gasteiger partial charge in [0.25, 0.3) is 0 Å². The Morgan fingerprint density at radius 1 is 1.38 bits per heavy atom. The van der Waals surface area contributed by atoms with Crippen molar-refractivity contribution in [3.8, 4) is 0 Å². The second-order valence-corrected chi connectivity index (χ2v) is 2.42. The summed E-state index contributed by atoms with van der Waals surface area (Å²) in [6.45, 7) is 0. The molecule has 3 heteroatoms. The van der Waals surface area contributed by atoms with Gasteiger partial charge in [-0.3, -0.25) is 4.79 Å². The van der Waals surface area contributed by atoms with E-state index < -0.39 is 11.6 Å². The van der Waals surface area contributed by atoms with Crippen molar-refractivity contribution < 1.29 is 13.6 Å². The Balaban J connectivity index is 2.83. The number of rotatable bonds is 3. The van der Waals surface area contributed by atoms with Crippen molar-refractivity contribution in [1.82, 2.24) is 0 Å². The second kappa shape index (κ2) is 4.50. The number of allylic oxidation sites excluding steroid dienone is 1. The Morgan fingerprint density at radius 2 is 2.15 bits per heavy atom. The highest BCUT2D eigenvalue weighted by molar-refractivity contribution is 5.58. The van der Waals surface area contributed by atoms with Crippen LogP contribution in [0.2, 0.25) is 0 Å². The molecule has 0 saturated carbocycles. The fraction of sp³-hybridized carbons (Fsp3) is 0.100. The number of carbonyl (C=O) groups excluding carboxylic acids is 1. The molecule has 0 spiro atoms. The molecule has 0 atom stereocenters. The zero-order valence-corrected chi connectivity index (χ0v) is 6.76. The van der Waals surface area contributed by atoms with E-state index in [9.17, 15) is 13.6 Å². The van der Waals surface area contributed by atoms with Crippen LogP contribution >= 0.6 is 0 Å². The molecule has 13 heavy (non-hydrogen) atoms. The third-order valence-corrected chi connectivity index (χ3v) is 1.46. The van der Waals surface area contributed by atoms with Gasteiger partial charge in [-0.15, -0.1) is 0 Å². The maximum absolute atomic E-state index is 12.9. The highest BCUT2D eigenvalue weighted by atomic mass is 19.1. The van der Waals surface area contributed by atoms with E-state index in [1.165, 1.54) is 18.2 Å². The van der Waals surface area contributed by atoms with E-state index in [4.69, 9.17) is 0 Å². The van der Waals surface area contributed by atoms with E-state index in [-0.39, 0.29) is 12.0 Å². The van der Waals surface area contributed by atoms with Crippen LogP contribution in [0.3, 0.4) is 0 Å². The SMILES string of the molecule is O=[C]CC=Cc1ccc(F)cc1F. The van der Waals surface area contributed by atoms with Crippen molar-refractivity contribution in [3.63, 3.8) is 0 Å². The maximum Gasteiger partial charge on any atom is 0.202 e. The molecule has 0 bridgehead atoms. The Morgan fingerprint density at radius 3 is 2.77 bits per heavy atom. The third-order valence-electron chi connectivity index (χ3n) is 1.46. The molecule has 0 aromatic heterocycles. The lowest BCUT2D eigenvalue weighted by atomic mass is 10.2. The fourth-order valence-corrected chi connectivity index (χ4v) is 0.871. The van der Waals surface area contributed by atoms with E-state index in [2.05, 4.69) is 0 Å². The zero-order chi connectivity index (χ0) is 9.68. The van der Waals surface area contributed by atoms with E-state index in [1.54, 1.807) is 6.29 Å². The molecule has 0 aliphatic heterocycles. The number of halogens is 2. The average Bonchev–Trinajstić information content (AvgIpc) is 2.09. The van der Waals surface area contributed by atoms with Gasteiger partial charge in [0.05, 0.1) is 0 Å².